The molecule has 4 rings (SSSR count). The lowest BCUT2D eigenvalue weighted by Crippen LogP contribution is -2.19. The number of aryl methyl sites for hydroxylation is 2. The van der Waals surface area contributed by atoms with Gasteiger partial charge in [-0.1, -0.05) is 0 Å². The smallest absolute Gasteiger partial charge is 0.164 e. The molecule has 0 saturated heterocycles. The van der Waals surface area contributed by atoms with Crippen LogP contribution in [0.4, 0.5) is 5.82 Å². The van der Waals surface area contributed by atoms with Gasteiger partial charge in [0, 0.05) is 42.3 Å². The van der Waals surface area contributed by atoms with Crippen LogP contribution >= 0.6 is 11.3 Å². The quantitative estimate of drug-likeness (QED) is 0.550. The molecule has 130 valence electrons. The fraction of sp³-hybridized carbons (Fsp3) is 0.211. The van der Waals surface area contributed by atoms with Crippen LogP contribution in [0, 0.1) is 13.8 Å². The molecule has 0 saturated carbocycles. The van der Waals surface area contributed by atoms with Gasteiger partial charge in [-0.25, -0.2) is 9.97 Å². The fourth-order valence-corrected chi connectivity index (χ4v) is 3.88. The monoisotopic (exact) mass is 362 g/mol. The number of nitrogens with zero attached hydrogens (tertiary/aromatic N) is 6. The second-order valence-electron chi connectivity index (χ2n) is 6.13. The normalized spacial score (nSPS) is 11.0. The molecule has 0 bridgehead atoms. The third-order valence-electron chi connectivity index (χ3n) is 4.31. The number of fused-ring (bicyclic) bond motifs is 1. The molecule has 0 aliphatic rings. The summed E-state index contributed by atoms with van der Waals surface area (Å²) in [4.78, 5) is 26.7. The molecule has 0 fully saturated rings. The number of thiophene rings is 1. The highest BCUT2D eigenvalue weighted by molar-refractivity contribution is 7.18. The molecule has 4 heterocycles. The molecule has 0 amide bonds. The predicted molar refractivity (Wildman–Crippen MR) is 104 cm³/mol. The summed E-state index contributed by atoms with van der Waals surface area (Å²) in [6.45, 7) is 4.87. The summed E-state index contributed by atoms with van der Waals surface area (Å²) in [7, 11) is 2.02. The molecule has 0 aliphatic heterocycles. The molecular weight excluding hydrogens is 344 g/mol. The first-order chi connectivity index (χ1) is 12.6. The minimum atomic E-state index is 0.626. The molecule has 0 unspecified atom stereocenters. The third kappa shape index (κ3) is 3.01. The van der Waals surface area contributed by atoms with E-state index in [-0.39, 0.29) is 0 Å². The SMILES string of the molecule is Cc1sc2nc(-c3cccnc3)nc(N(C)Cc3cnccn3)c2c1C. The first-order valence-corrected chi connectivity index (χ1v) is 9.09. The fourth-order valence-electron chi connectivity index (χ4n) is 2.86. The molecule has 0 aliphatic carbocycles. The molecule has 0 aromatic carbocycles. The molecule has 26 heavy (non-hydrogen) atoms. The van der Waals surface area contributed by atoms with E-state index in [0.29, 0.717) is 12.4 Å². The average Bonchev–Trinajstić information content (AvgIpc) is 2.96. The lowest BCUT2D eigenvalue weighted by atomic mass is 10.2. The van der Waals surface area contributed by atoms with Crippen LogP contribution in [-0.2, 0) is 6.54 Å². The van der Waals surface area contributed by atoms with E-state index < -0.39 is 0 Å². The van der Waals surface area contributed by atoms with E-state index in [1.807, 2.05) is 19.2 Å². The maximum Gasteiger partial charge on any atom is 0.164 e. The van der Waals surface area contributed by atoms with Gasteiger partial charge in [0.1, 0.15) is 10.6 Å². The standard InChI is InChI=1S/C19H18N6S/c1-12-13(2)26-19-16(12)18(25(3)11-15-10-21-7-8-22-15)23-17(24-19)14-5-4-6-20-9-14/h4-10H,11H2,1-3H3. The zero-order valence-corrected chi connectivity index (χ0v) is 15.7. The van der Waals surface area contributed by atoms with Crippen molar-refractivity contribution in [1.29, 1.82) is 0 Å². The van der Waals surface area contributed by atoms with Crippen molar-refractivity contribution < 1.29 is 0 Å². The lowest BCUT2D eigenvalue weighted by Gasteiger charge is -2.19. The third-order valence-corrected chi connectivity index (χ3v) is 5.41. The van der Waals surface area contributed by atoms with Crippen LogP contribution in [0.5, 0.6) is 0 Å². The Balaban J connectivity index is 1.85. The van der Waals surface area contributed by atoms with E-state index in [2.05, 4.69) is 33.7 Å². The number of pyridine rings is 1. The topological polar surface area (TPSA) is 67.7 Å². The summed E-state index contributed by atoms with van der Waals surface area (Å²) in [5, 5.41) is 1.10. The van der Waals surface area contributed by atoms with Crippen molar-refractivity contribution in [3.05, 3.63) is 59.3 Å². The van der Waals surface area contributed by atoms with Crippen LogP contribution in [0.15, 0.2) is 43.1 Å². The Morgan fingerprint density at radius 2 is 1.88 bits per heavy atom. The number of aromatic nitrogens is 5. The van der Waals surface area contributed by atoms with Crippen molar-refractivity contribution >= 4 is 27.4 Å². The maximum atomic E-state index is 4.87. The number of hydrogen-bond donors (Lipinski definition) is 0. The summed E-state index contributed by atoms with van der Waals surface area (Å²) >= 11 is 1.70. The lowest BCUT2D eigenvalue weighted by molar-refractivity contribution is 0.859. The number of anilines is 1. The zero-order valence-electron chi connectivity index (χ0n) is 14.8. The molecule has 0 atom stereocenters. The first kappa shape index (κ1) is 16.5. The second kappa shape index (κ2) is 6.76. The Labute approximate surface area is 155 Å². The highest BCUT2D eigenvalue weighted by atomic mass is 32.1. The van der Waals surface area contributed by atoms with Gasteiger partial charge in [0.05, 0.1) is 23.8 Å². The molecule has 4 aromatic heterocycles. The van der Waals surface area contributed by atoms with Crippen LogP contribution in [0.2, 0.25) is 0 Å². The molecule has 0 radical (unpaired) electrons. The maximum absolute atomic E-state index is 4.87. The summed E-state index contributed by atoms with van der Waals surface area (Å²) in [6.07, 6.45) is 8.71. The Kier molecular flexibility index (Phi) is 4.30. The summed E-state index contributed by atoms with van der Waals surface area (Å²) in [5.41, 5.74) is 3.03. The largest absolute Gasteiger partial charge is 0.353 e. The van der Waals surface area contributed by atoms with Gasteiger partial charge in [-0.3, -0.25) is 15.0 Å². The average molecular weight is 362 g/mol. The van der Waals surface area contributed by atoms with E-state index in [1.54, 1.807) is 42.3 Å². The van der Waals surface area contributed by atoms with Gasteiger partial charge >= 0.3 is 0 Å². The Morgan fingerprint density at radius 1 is 1.04 bits per heavy atom. The van der Waals surface area contributed by atoms with Crippen LogP contribution in [-0.4, -0.2) is 32.0 Å². The van der Waals surface area contributed by atoms with E-state index in [4.69, 9.17) is 9.97 Å². The van der Waals surface area contributed by atoms with Gasteiger partial charge in [-0.15, -0.1) is 11.3 Å². The van der Waals surface area contributed by atoms with Crippen molar-refractivity contribution in [1.82, 2.24) is 24.9 Å². The minimum absolute atomic E-state index is 0.626. The van der Waals surface area contributed by atoms with Gasteiger partial charge in [0.15, 0.2) is 5.82 Å². The van der Waals surface area contributed by atoms with Gasteiger partial charge < -0.3 is 4.90 Å². The van der Waals surface area contributed by atoms with Crippen molar-refractivity contribution in [2.75, 3.05) is 11.9 Å². The van der Waals surface area contributed by atoms with Gasteiger partial charge in [-0.05, 0) is 31.5 Å². The summed E-state index contributed by atoms with van der Waals surface area (Å²) in [6, 6.07) is 3.88. The molecule has 6 nitrogen and oxygen atoms in total. The predicted octanol–water partition coefficient (Wildman–Crippen LogP) is 3.80. The summed E-state index contributed by atoms with van der Waals surface area (Å²) < 4.78 is 0. The second-order valence-corrected chi connectivity index (χ2v) is 7.33. The Bertz CT molecular complexity index is 1050. The Hall–Kier alpha value is -2.93. The van der Waals surface area contributed by atoms with Crippen LogP contribution in [0.25, 0.3) is 21.6 Å². The highest BCUT2D eigenvalue weighted by Gasteiger charge is 2.18. The molecule has 7 heteroatoms. The zero-order chi connectivity index (χ0) is 18.1. The minimum Gasteiger partial charge on any atom is -0.353 e. The molecular formula is C19H18N6S. The van der Waals surface area contributed by atoms with Gasteiger partial charge in [0.25, 0.3) is 0 Å². The Morgan fingerprint density at radius 3 is 2.62 bits per heavy atom. The highest BCUT2D eigenvalue weighted by Crippen LogP contribution is 2.36. The van der Waals surface area contributed by atoms with E-state index >= 15 is 0 Å². The van der Waals surface area contributed by atoms with Crippen molar-refractivity contribution in [2.24, 2.45) is 0 Å². The van der Waals surface area contributed by atoms with E-state index in [0.717, 1.165) is 27.3 Å². The number of hydrogen-bond acceptors (Lipinski definition) is 7. The van der Waals surface area contributed by atoms with E-state index in [9.17, 15) is 0 Å². The van der Waals surface area contributed by atoms with Crippen LogP contribution in [0.3, 0.4) is 0 Å². The van der Waals surface area contributed by atoms with Crippen LogP contribution in [0.1, 0.15) is 16.1 Å². The molecule has 4 aromatic rings. The van der Waals surface area contributed by atoms with Gasteiger partial charge in [0.2, 0.25) is 0 Å². The van der Waals surface area contributed by atoms with Gasteiger partial charge in [-0.2, -0.15) is 0 Å². The summed E-state index contributed by atoms with van der Waals surface area (Å²) in [5.74, 6) is 1.59. The first-order valence-electron chi connectivity index (χ1n) is 8.27. The number of rotatable bonds is 4. The van der Waals surface area contributed by atoms with E-state index in [1.165, 1.54) is 10.4 Å². The molecule has 0 N–H and O–H groups in total. The van der Waals surface area contributed by atoms with Crippen molar-refractivity contribution in [3.8, 4) is 11.4 Å². The van der Waals surface area contributed by atoms with Crippen molar-refractivity contribution in [3.63, 3.8) is 0 Å². The molecule has 0 spiro atoms. The van der Waals surface area contributed by atoms with Crippen LogP contribution < -0.4 is 4.90 Å². The van der Waals surface area contributed by atoms with Crippen molar-refractivity contribution in [2.45, 2.75) is 20.4 Å².